The predicted molar refractivity (Wildman–Crippen MR) is 95.1 cm³/mol. The molecular weight excluding hydrogens is 322 g/mol. The van der Waals surface area contributed by atoms with E-state index in [4.69, 9.17) is 0 Å². The lowest BCUT2D eigenvalue weighted by atomic mass is 10.1. The molecule has 0 aliphatic heterocycles. The molecule has 1 amide bonds. The van der Waals surface area contributed by atoms with Gasteiger partial charge in [-0.3, -0.25) is 9.78 Å². The van der Waals surface area contributed by atoms with Crippen LogP contribution in [0.15, 0.2) is 42.2 Å². The number of amides is 1. The molecule has 1 N–H and O–H groups in total. The normalized spacial score (nSPS) is 12.3. The Morgan fingerprint density at radius 2 is 2.12 bits per heavy atom. The number of nitrogens with zero attached hydrogens (tertiary/aromatic N) is 4. The van der Waals surface area contributed by atoms with Crippen LogP contribution in [0.3, 0.4) is 0 Å². The fraction of sp³-hybridized carbons (Fsp3) is 0.294. The molecule has 0 spiro atoms. The first-order valence-electron chi connectivity index (χ1n) is 7.77. The minimum absolute atomic E-state index is 0.225. The van der Waals surface area contributed by atoms with E-state index in [1.807, 2.05) is 11.4 Å². The molecule has 1 unspecified atom stereocenters. The quantitative estimate of drug-likeness (QED) is 0.764. The maximum atomic E-state index is 12.2. The van der Waals surface area contributed by atoms with E-state index < -0.39 is 0 Å². The first kappa shape index (κ1) is 16.3. The molecule has 0 fully saturated rings. The van der Waals surface area contributed by atoms with Crippen LogP contribution in [0.1, 0.15) is 37.3 Å². The SMILES string of the molecule is CC(C)C(C)n1cnnc1-c1cc(NC(=O)c2ccccn2)cs1. The van der Waals surface area contributed by atoms with Crippen LogP contribution in [0.4, 0.5) is 5.69 Å². The molecule has 0 saturated carbocycles. The van der Waals surface area contributed by atoms with Gasteiger partial charge in [0.15, 0.2) is 5.82 Å². The van der Waals surface area contributed by atoms with Crippen molar-refractivity contribution in [2.75, 3.05) is 5.32 Å². The van der Waals surface area contributed by atoms with Gasteiger partial charge in [0.25, 0.3) is 5.91 Å². The smallest absolute Gasteiger partial charge is 0.274 e. The average molecular weight is 341 g/mol. The molecule has 124 valence electrons. The van der Waals surface area contributed by atoms with Crippen molar-refractivity contribution in [2.45, 2.75) is 26.8 Å². The van der Waals surface area contributed by atoms with E-state index in [0.717, 1.165) is 16.4 Å². The lowest BCUT2D eigenvalue weighted by Gasteiger charge is -2.18. The molecule has 3 rings (SSSR count). The van der Waals surface area contributed by atoms with Crippen molar-refractivity contribution in [2.24, 2.45) is 5.92 Å². The second kappa shape index (κ2) is 6.92. The van der Waals surface area contributed by atoms with Gasteiger partial charge < -0.3 is 9.88 Å². The van der Waals surface area contributed by atoms with Gasteiger partial charge in [0, 0.05) is 17.6 Å². The molecule has 1 atom stereocenters. The second-order valence-electron chi connectivity index (χ2n) is 5.92. The number of aromatic nitrogens is 4. The molecule has 24 heavy (non-hydrogen) atoms. The maximum absolute atomic E-state index is 12.2. The topological polar surface area (TPSA) is 72.7 Å². The molecule has 6 nitrogen and oxygen atoms in total. The van der Waals surface area contributed by atoms with Crippen molar-refractivity contribution < 1.29 is 4.79 Å². The summed E-state index contributed by atoms with van der Waals surface area (Å²) in [5, 5.41) is 13.0. The number of rotatable bonds is 5. The molecule has 0 aromatic carbocycles. The van der Waals surface area contributed by atoms with Crippen molar-refractivity contribution in [3.05, 3.63) is 47.9 Å². The van der Waals surface area contributed by atoms with E-state index in [1.165, 1.54) is 11.3 Å². The summed E-state index contributed by atoms with van der Waals surface area (Å²) < 4.78 is 2.07. The van der Waals surface area contributed by atoms with Crippen LogP contribution in [0.2, 0.25) is 0 Å². The average Bonchev–Trinajstić information content (AvgIpc) is 3.23. The number of carbonyl (C=O) groups excluding carboxylic acids is 1. The monoisotopic (exact) mass is 341 g/mol. The van der Waals surface area contributed by atoms with E-state index in [9.17, 15) is 4.79 Å². The van der Waals surface area contributed by atoms with E-state index in [1.54, 1.807) is 30.7 Å². The molecule has 3 aromatic heterocycles. The van der Waals surface area contributed by atoms with Crippen molar-refractivity contribution >= 4 is 22.9 Å². The first-order valence-corrected chi connectivity index (χ1v) is 8.65. The Morgan fingerprint density at radius 1 is 1.29 bits per heavy atom. The molecule has 0 aliphatic carbocycles. The van der Waals surface area contributed by atoms with E-state index in [0.29, 0.717) is 17.7 Å². The number of hydrogen-bond acceptors (Lipinski definition) is 5. The molecule has 0 aliphatic rings. The summed E-state index contributed by atoms with van der Waals surface area (Å²) in [4.78, 5) is 17.2. The summed E-state index contributed by atoms with van der Waals surface area (Å²) in [7, 11) is 0. The van der Waals surface area contributed by atoms with Crippen LogP contribution in [0, 0.1) is 5.92 Å². The summed E-state index contributed by atoms with van der Waals surface area (Å²) in [5.41, 5.74) is 1.12. The number of carbonyl (C=O) groups is 1. The summed E-state index contributed by atoms with van der Waals surface area (Å²) in [5.74, 6) is 1.07. The minimum Gasteiger partial charge on any atom is -0.320 e. The van der Waals surface area contributed by atoms with Crippen LogP contribution in [-0.4, -0.2) is 25.7 Å². The zero-order chi connectivity index (χ0) is 17.1. The van der Waals surface area contributed by atoms with Crippen LogP contribution in [-0.2, 0) is 0 Å². The summed E-state index contributed by atoms with van der Waals surface area (Å²) in [6, 6.07) is 7.46. The summed E-state index contributed by atoms with van der Waals surface area (Å²) in [6.07, 6.45) is 3.36. The Morgan fingerprint density at radius 3 is 2.83 bits per heavy atom. The van der Waals surface area contributed by atoms with Crippen molar-refractivity contribution in [3.8, 4) is 10.7 Å². The number of hydrogen-bond donors (Lipinski definition) is 1. The van der Waals surface area contributed by atoms with Gasteiger partial charge in [0.1, 0.15) is 12.0 Å². The van der Waals surface area contributed by atoms with Gasteiger partial charge >= 0.3 is 0 Å². The van der Waals surface area contributed by atoms with Gasteiger partial charge in [-0.15, -0.1) is 21.5 Å². The molecule has 0 radical (unpaired) electrons. The molecule has 7 heteroatoms. The summed E-state index contributed by atoms with van der Waals surface area (Å²) >= 11 is 1.53. The molecule has 3 aromatic rings. The third-order valence-corrected chi connectivity index (χ3v) is 4.88. The standard InChI is InChI=1S/C17H19N5OS/c1-11(2)12(3)22-10-19-21-16(22)15-8-13(9-24-15)20-17(23)14-6-4-5-7-18-14/h4-12H,1-3H3,(H,20,23). The highest BCUT2D eigenvalue weighted by atomic mass is 32.1. The highest BCUT2D eigenvalue weighted by Gasteiger charge is 2.17. The number of anilines is 1. The number of nitrogens with one attached hydrogen (secondary N) is 1. The first-order chi connectivity index (χ1) is 11.6. The Hall–Kier alpha value is -2.54. The van der Waals surface area contributed by atoms with Gasteiger partial charge in [-0.1, -0.05) is 19.9 Å². The Bertz CT molecular complexity index is 824. The van der Waals surface area contributed by atoms with Crippen LogP contribution < -0.4 is 5.32 Å². The molecule has 3 heterocycles. The van der Waals surface area contributed by atoms with Gasteiger partial charge in [-0.25, -0.2) is 0 Å². The largest absolute Gasteiger partial charge is 0.320 e. The fourth-order valence-electron chi connectivity index (χ4n) is 2.25. The van der Waals surface area contributed by atoms with E-state index in [2.05, 4.69) is 45.8 Å². The third-order valence-electron chi connectivity index (χ3n) is 3.95. The lowest BCUT2D eigenvalue weighted by molar-refractivity contribution is 0.102. The Balaban J connectivity index is 1.80. The van der Waals surface area contributed by atoms with Gasteiger partial charge in [-0.2, -0.15) is 0 Å². The second-order valence-corrected chi connectivity index (χ2v) is 6.83. The van der Waals surface area contributed by atoms with Crippen molar-refractivity contribution in [3.63, 3.8) is 0 Å². The van der Waals surface area contributed by atoms with Crippen LogP contribution in [0.25, 0.3) is 10.7 Å². The van der Waals surface area contributed by atoms with Gasteiger partial charge in [0.2, 0.25) is 0 Å². The number of thiophene rings is 1. The molecule has 0 bridgehead atoms. The van der Waals surface area contributed by atoms with E-state index >= 15 is 0 Å². The van der Waals surface area contributed by atoms with Gasteiger partial charge in [-0.05, 0) is 31.0 Å². The summed E-state index contributed by atoms with van der Waals surface area (Å²) in [6.45, 7) is 6.48. The zero-order valence-electron chi connectivity index (χ0n) is 13.8. The maximum Gasteiger partial charge on any atom is 0.274 e. The lowest BCUT2D eigenvalue weighted by Crippen LogP contribution is -2.12. The number of pyridine rings is 1. The third kappa shape index (κ3) is 3.35. The highest BCUT2D eigenvalue weighted by Crippen LogP contribution is 2.31. The molecular formula is C17H19N5OS. The van der Waals surface area contributed by atoms with Crippen molar-refractivity contribution in [1.82, 2.24) is 19.7 Å². The fourth-order valence-corrected chi connectivity index (χ4v) is 3.08. The van der Waals surface area contributed by atoms with E-state index in [-0.39, 0.29) is 5.91 Å². The highest BCUT2D eigenvalue weighted by molar-refractivity contribution is 7.14. The minimum atomic E-state index is -0.225. The Labute approximate surface area is 144 Å². The van der Waals surface area contributed by atoms with Crippen molar-refractivity contribution in [1.29, 1.82) is 0 Å². The Kier molecular flexibility index (Phi) is 4.71. The zero-order valence-corrected chi connectivity index (χ0v) is 14.6. The molecule has 0 saturated heterocycles. The van der Waals surface area contributed by atoms with Gasteiger partial charge in [0.05, 0.1) is 10.6 Å². The predicted octanol–water partition coefficient (Wildman–Crippen LogP) is 3.87. The van der Waals surface area contributed by atoms with Crippen LogP contribution in [0.5, 0.6) is 0 Å². The van der Waals surface area contributed by atoms with Crippen LogP contribution >= 0.6 is 11.3 Å².